The monoisotopic (exact) mass is 456 g/mol. The summed E-state index contributed by atoms with van der Waals surface area (Å²) in [5, 5.41) is 3.16. The van der Waals surface area contributed by atoms with Gasteiger partial charge < -0.3 is 10.2 Å². The van der Waals surface area contributed by atoms with Crippen molar-refractivity contribution in [3.05, 3.63) is 71.0 Å². The number of nitrogens with one attached hydrogen (secondary N) is 1. The van der Waals surface area contributed by atoms with Gasteiger partial charge in [-0.3, -0.25) is 9.59 Å². The summed E-state index contributed by atoms with van der Waals surface area (Å²) in [6, 6.07) is 14.1. The molecule has 0 aromatic heterocycles. The summed E-state index contributed by atoms with van der Waals surface area (Å²) in [6.07, 6.45) is 5.54. The number of carbonyl (C=O) groups excluding carboxylic acids is 2. The van der Waals surface area contributed by atoms with Crippen LogP contribution in [0.15, 0.2) is 48.5 Å². The number of hydrogen-bond acceptors (Lipinski definition) is 3. The predicted octanol–water partition coefficient (Wildman–Crippen LogP) is 5.23. The first-order chi connectivity index (χ1) is 15.4. The van der Waals surface area contributed by atoms with Crippen molar-refractivity contribution in [3.63, 3.8) is 0 Å². The van der Waals surface area contributed by atoms with E-state index < -0.39 is 6.04 Å². The molecule has 1 unspecified atom stereocenters. The van der Waals surface area contributed by atoms with Crippen molar-refractivity contribution < 1.29 is 14.0 Å². The van der Waals surface area contributed by atoms with Crippen molar-refractivity contribution in [1.29, 1.82) is 0 Å². The number of thioether (sulfide) groups is 1. The molecule has 1 aliphatic carbocycles. The highest BCUT2D eigenvalue weighted by Gasteiger charge is 2.28. The number of halogens is 1. The van der Waals surface area contributed by atoms with E-state index >= 15 is 0 Å². The first-order valence-corrected chi connectivity index (χ1v) is 12.6. The van der Waals surface area contributed by atoms with Gasteiger partial charge in [0.15, 0.2) is 0 Å². The SMILES string of the molecule is Cc1ccc(CN(C(=O)CSCc2ccc(F)cc2)C(C)C(=O)NC2CCCCC2)cc1. The third-order valence-corrected chi connectivity index (χ3v) is 6.99. The Labute approximate surface area is 195 Å². The van der Waals surface area contributed by atoms with Gasteiger partial charge >= 0.3 is 0 Å². The smallest absolute Gasteiger partial charge is 0.242 e. The molecule has 1 aliphatic rings. The highest BCUT2D eigenvalue weighted by atomic mass is 32.2. The molecule has 0 aliphatic heterocycles. The van der Waals surface area contributed by atoms with Gasteiger partial charge in [0, 0.05) is 18.3 Å². The van der Waals surface area contributed by atoms with Crippen LogP contribution in [0.1, 0.15) is 55.7 Å². The summed E-state index contributed by atoms with van der Waals surface area (Å²) in [6.45, 7) is 4.24. The van der Waals surface area contributed by atoms with Crippen LogP contribution < -0.4 is 5.32 Å². The van der Waals surface area contributed by atoms with Crippen LogP contribution in [0.3, 0.4) is 0 Å². The second-order valence-electron chi connectivity index (χ2n) is 8.65. The maximum absolute atomic E-state index is 13.2. The maximum Gasteiger partial charge on any atom is 0.242 e. The van der Waals surface area contributed by atoms with Crippen molar-refractivity contribution in [2.24, 2.45) is 0 Å². The quantitative estimate of drug-likeness (QED) is 0.562. The van der Waals surface area contributed by atoms with E-state index in [1.54, 1.807) is 17.0 Å². The summed E-state index contributed by atoms with van der Waals surface area (Å²) in [7, 11) is 0. The second-order valence-corrected chi connectivity index (χ2v) is 9.63. The standard InChI is InChI=1S/C26H33FN2O2S/c1-19-8-10-21(11-9-19)16-29(20(2)26(31)28-24-6-4-3-5-7-24)25(30)18-32-17-22-12-14-23(27)15-13-22/h8-15,20,24H,3-7,16-18H2,1-2H3,(H,28,31). The highest BCUT2D eigenvalue weighted by Crippen LogP contribution is 2.19. The van der Waals surface area contributed by atoms with Gasteiger partial charge in [0.25, 0.3) is 0 Å². The van der Waals surface area contributed by atoms with Crippen LogP contribution >= 0.6 is 11.8 Å². The molecule has 172 valence electrons. The van der Waals surface area contributed by atoms with E-state index in [1.807, 2.05) is 38.1 Å². The van der Waals surface area contributed by atoms with E-state index in [4.69, 9.17) is 0 Å². The third-order valence-electron chi connectivity index (χ3n) is 6.00. The zero-order valence-electron chi connectivity index (χ0n) is 19.0. The van der Waals surface area contributed by atoms with Crippen LogP contribution in [0.2, 0.25) is 0 Å². The molecule has 0 bridgehead atoms. The first-order valence-electron chi connectivity index (χ1n) is 11.4. The van der Waals surface area contributed by atoms with Gasteiger partial charge in [-0.05, 0) is 49.9 Å². The zero-order chi connectivity index (χ0) is 22.9. The molecule has 2 aromatic rings. The molecule has 4 nitrogen and oxygen atoms in total. The summed E-state index contributed by atoms with van der Waals surface area (Å²) in [5.41, 5.74) is 3.13. The van der Waals surface area contributed by atoms with Gasteiger partial charge in [-0.15, -0.1) is 11.8 Å². The molecule has 1 fully saturated rings. The average molecular weight is 457 g/mol. The highest BCUT2D eigenvalue weighted by molar-refractivity contribution is 7.99. The Morgan fingerprint density at radius 2 is 1.66 bits per heavy atom. The molecule has 0 spiro atoms. The van der Waals surface area contributed by atoms with E-state index in [1.165, 1.54) is 30.3 Å². The van der Waals surface area contributed by atoms with Crippen LogP contribution in [-0.4, -0.2) is 34.6 Å². The average Bonchev–Trinajstić information content (AvgIpc) is 2.80. The van der Waals surface area contributed by atoms with Gasteiger partial charge in [0.1, 0.15) is 11.9 Å². The number of carbonyl (C=O) groups is 2. The van der Waals surface area contributed by atoms with Crippen LogP contribution in [0.25, 0.3) is 0 Å². The minimum Gasteiger partial charge on any atom is -0.352 e. The lowest BCUT2D eigenvalue weighted by Crippen LogP contribution is -2.50. The Hall–Kier alpha value is -2.34. The number of amides is 2. The van der Waals surface area contributed by atoms with Crippen LogP contribution in [0, 0.1) is 12.7 Å². The van der Waals surface area contributed by atoms with Gasteiger partial charge in [0.05, 0.1) is 5.75 Å². The molecule has 2 aromatic carbocycles. The topological polar surface area (TPSA) is 49.4 Å². The van der Waals surface area contributed by atoms with E-state index in [-0.39, 0.29) is 29.4 Å². The van der Waals surface area contributed by atoms with Crippen LogP contribution in [0.5, 0.6) is 0 Å². The van der Waals surface area contributed by atoms with E-state index in [9.17, 15) is 14.0 Å². The Bertz CT molecular complexity index is 880. The summed E-state index contributed by atoms with van der Waals surface area (Å²) >= 11 is 1.48. The van der Waals surface area contributed by atoms with Gasteiger partial charge in [-0.2, -0.15) is 0 Å². The van der Waals surface area contributed by atoms with Crippen molar-refractivity contribution in [3.8, 4) is 0 Å². The molecule has 0 radical (unpaired) electrons. The second kappa shape index (κ2) is 12.0. The first kappa shape index (κ1) is 24.3. The predicted molar refractivity (Wildman–Crippen MR) is 129 cm³/mol. The minimum atomic E-state index is -0.544. The zero-order valence-corrected chi connectivity index (χ0v) is 19.8. The van der Waals surface area contributed by atoms with Crippen LogP contribution in [0.4, 0.5) is 4.39 Å². The third kappa shape index (κ3) is 7.37. The largest absolute Gasteiger partial charge is 0.352 e. The van der Waals surface area contributed by atoms with Crippen molar-refractivity contribution >= 4 is 23.6 Å². The summed E-state index contributed by atoms with van der Waals surface area (Å²) in [5.74, 6) is 0.471. The number of nitrogens with zero attached hydrogens (tertiary/aromatic N) is 1. The van der Waals surface area contributed by atoms with Gasteiger partial charge in [-0.1, -0.05) is 61.2 Å². The number of aryl methyl sites for hydroxylation is 1. The molecule has 1 atom stereocenters. The Kier molecular flexibility index (Phi) is 9.15. The molecule has 3 rings (SSSR count). The van der Waals surface area contributed by atoms with Gasteiger partial charge in [-0.25, -0.2) is 4.39 Å². The molecule has 1 saturated carbocycles. The van der Waals surface area contributed by atoms with Gasteiger partial charge in [0.2, 0.25) is 11.8 Å². The lowest BCUT2D eigenvalue weighted by atomic mass is 9.95. The fourth-order valence-electron chi connectivity index (χ4n) is 3.96. The Morgan fingerprint density at radius 3 is 2.31 bits per heavy atom. The number of rotatable bonds is 9. The Morgan fingerprint density at radius 1 is 1.03 bits per heavy atom. The molecule has 0 heterocycles. The molecule has 1 N–H and O–H groups in total. The van der Waals surface area contributed by atoms with E-state index in [2.05, 4.69) is 5.32 Å². The van der Waals surface area contributed by atoms with Crippen molar-refractivity contribution in [2.75, 3.05) is 5.75 Å². The van der Waals surface area contributed by atoms with Crippen molar-refractivity contribution in [1.82, 2.24) is 10.2 Å². The molecule has 0 saturated heterocycles. The molecule has 6 heteroatoms. The molecule has 32 heavy (non-hydrogen) atoms. The minimum absolute atomic E-state index is 0.0658. The number of hydrogen-bond donors (Lipinski definition) is 1. The summed E-state index contributed by atoms with van der Waals surface area (Å²) in [4.78, 5) is 27.8. The Balaban J connectivity index is 1.64. The van der Waals surface area contributed by atoms with E-state index in [0.29, 0.717) is 12.3 Å². The fraction of sp³-hybridized carbons (Fsp3) is 0.462. The summed E-state index contributed by atoms with van der Waals surface area (Å²) < 4.78 is 13.1. The lowest BCUT2D eigenvalue weighted by molar-refractivity contribution is -0.139. The van der Waals surface area contributed by atoms with E-state index in [0.717, 1.165) is 42.4 Å². The van der Waals surface area contributed by atoms with Crippen LogP contribution in [-0.2, 0) is 21.9 Å². The molecular formula is C26H33FN2O2S. The van der Waals surface area contributed by atoms with Crippen molar-refractivity contribution in [2.45, 2.75) is 70.3 Å². The lowest BCUT2D eigenvalue weighted by Gasteiger charge is -2.31. The molecule has 2 amide bonds. The molecular weight excluding hydrogens is 423 g/mol. The number of benzene rings is 2. The fourth-order valence-corrected chi connectivity index (χ4v) is 4.83. The normalized spacial score (nSPS) is 15.2. The maximum atomic E-state index is 13.2.